The molecule has 0 atom stereocenters. The van der Waals surface area contributed by atoms with E-state index >= 15 is 0 Å². The molecule has 0 amide bonds. The SMILES string of the molecule is CC(C)(C)c1cc2c(cc1C(C)(C)C)[CH]([Zr](=[C](c1cccc(C(F)(F)F)c1)c1cccc(C(F)(F)F)c1)[CH]1C=CC=C1)c1cc(C(C)(C)C)c(C(C)(C)C)cc1-2. The second kappa shape index (κ2) is 14.2. The summed E-state index contributed by atoms with van der Waals surface area (Å²) in [5, 5.41) is 0. The van der Waals surface area contributed by atoms with Gasteiger partial charge in [-0.1, -0.05) is 0 Å². The van der Waals surface area contributed by atoms with Crippen LogP contribution in [0, 0.1) is 0 Å². The minimum absolute atomic E-state index is 0.138. The molecule has 0 N–H and O–H groups in total. The van der Waals surface area contributed by atoms with Crippen molar-refractivity contribution in [3.8, 4) is 11.1 Å². The Morgan fingerprint density at radius 1 is 0.464 bits per heavy atom. The Morgan fingerprint density at radius 2 is 0.804 bits per heavy atom. The Balaban J connectivity index is 1.88. The summed E-state index contributed by atoms with van der Waals surface area (Å²) in [6, 6.07) is 19.9. The molecule has 0 aliphatic heterocycles. The number of hydrogen-bond acceptors (Lipinski definition) is 0. The predicted octanol–water partition coefficient (Wildman–Crippen LogP) is 14.8. The summed E-state index contributed by atoms with van der Waals surface area (Å²) in [6.45, 7) is 26.6. The first kappa shape index (κ1) is 42.3. The molecule has 6 rings (SSSR count). The van der Waals surface area contributed by atoms with Crippen molar-refractivity contribution >= 4 is 3.21 Å². The summed E-state index contributed by atoms with van der Waals surface area (Å²) >= 11 is -3.70. The maximum atomic E-state index is 14.5. The number of benzene rings is 4. The van der Waals surface area contributed by atoms with Crippen molar-refractivity contribution < 1.29 is 47.6 Å². The molecule has 0 spiro atoms. The second-order valence-corrected chi connectivity index (χ2v) is 26.2. The summed E-state index contributed by atoms with van der Waals surface area (Å²) in [5.41, 5.74) is 7.53. The molecular formula is C49H54F6Zr. The van der Waals surface area contributed by atoms with Gasteiger partial charge in [-0.3, -0.25) is 0 Å². The zero-order valence-electron chi connectivity index (χ0n) is 34.7. The van der Waals surface area contributed by atoms with Crippen LogP contribution in [0.15, 0.2) is 97.1 Å². The number of fused-ring (bicyclic) bond motifs is 3. The van der Waals surface area contributed by atoms with Crippen LogP contribution in [0.5, 0.6) is 0 Å². The van der Waals surface area contributed by atoms with Crippen molar-refractivity contribution in [1.82, 2.24) is 0 Å². The molecule has 7 heteroatoms. The summed E-state index contributed by atoms with van der Waals surface area (Å²) in [6.07, 6.45) is -1.07. The summed E-state index contributed by atoms with van der Waals surface area (Å²) in [4.78, 5) is 0. The van der Waals surface area contributed by atoms with E-state index in [1.165, 1.54) is 34.4 Å². The molecule has 0 heterocycles. The quantitative estimate of drug-likeness (QED) is 0.180. The Hall–Kier alpha value is -3.31. The van der Waals surface area contributed by atoms with Crippen LogP contribution in [0.4, 0.5) is 26.3 Å². The van der Waals surface area contributed by atoms with E-state index in [2.05, 4.69) is 120 Å². The maximum absolute atomic E-state index is 14.5. The molecule has 0 saturated heterocycles. The Kier molecular flexibility index (Phi) is 10.7. The third kappa shape index (κ3) is 8.18. The van der Waals surface area contributed by atoms with Crippen LogP contribution in [0.1, 0.15) is 142 Å². The van der Waals surface area contributed by atoms with Gasteiger partial charge in [0.15, 0.2) is 0 Å². The fourth-order valence-electron chi connectivity index (χ4n) is 8.51. The van der Waals surface area contributed by atoms with E-state index in [4.69, 9.17) is 0 Å². The number of rotatable bonds is 4. The third-order valence-corrected chi connectivity index (χ3v) is 19.8. The molecule has 0 fully saturated rings. The first-order valence-electron chi connectivity index (χ1n) is 19.4. The molecular weight excluding hydrogens is 794 g/mol. The van der Waals surface area contributed by atoms with Gasteiger partial charge in [-0.25, -0.2) is 0 Å². The van der Waals surface area contributed by atoms with E-state index in [1.54, 1.807) is 12.1 Å². The van der Waals surface area contributed by atoms with Crippen LogP contribution in [-0.2, 0) is 55.3 Å². The zero-order valence-corrected chi connectivity index (χ0v) is 37.1. The summed E-state index contributed by atoms with van der Waals surface area (Å²) in [5.74, 6) is 0. The topological polar surface area (TPSA) is 0 Å². The van der Waals surface area contributed by atoms with Gasteiger partial charge >= 0.3 is 339 Å². The van der Waals surface area contributed by atoms with Crippen LogP contribution < -0.4 is 0 Å². The molecule has 0 saturated carbocycles. The fraction of sp³-hybridized carbons (Fsp3) is 0.408. The van der Waals surface area contributed by atoms with Gasteiger partial charge in [-0.15, -0.1) is 0 Å². The Labute approximate surface area is 337 Å². The van der Waals surface area contributed by atoms with Gasteiger partial charge in [0.05, 0.1) is 0 Å². The van der Waals surface area contributed by atoms with E-state index in [0.29, 0.717) is 14.3 Å². The zero-order chi connectivity index (χ0) is 41.6. The molecule has 4 aromatic rings. The van der Waals surface area contributed by atoms with Gasteiger partial charge in [0.25, 0.3) is 0 Å². The summed E-state index contributed by atoms with van der Waals surface area (Å²) < 4.78 is 87.1. The van der Waals surface area contributed by atoms with Gasteiger partial charge < -0.3 is 0 Å². The van der Waals surface area contributed by atoms with E-state index in [9.17, 15) is 26.3 Å². The van der Waals surface area contributed by atoms with Crippen LogP contribution in [0.2, 0.25) is 3.63 Å². The minimum atomic E-state index is -4.63. The first-order chi connectivity index (χ1) is 25.6. The van der Waals surface area contributed by atoms with Crippen LogP contribution >= 0.6 is 0 Å². The molecule has 0 bridgehead atoms. The van der Waals surface area contributed by atoms with Gasteiger partial charge in [0, 0.05) is 0 Å². The summed E-state index contributed by atoms with van der Waals surface area (Å²) in [7, 11) is 0. The molecule has 0 aromatic heterocycles. The number of alkyl halides is 6. The first-order valence-corrected chi connectivity index (χ1v) is 23.5. The van der Waals surface area contributed by atoms with E-state index in [-0.39, 0.29) is 28.9 Å². The van der Waals surface area contributed by atoms with Gasteiger partial charge in [-0.05, 0) is 0 Å². The van der Waals surface area contributed by atoms with Gasteiger partial charge in [0.2, 0.25) is 0 Å². The fourth-order valence-corrected chi connectivity index (χ4v) is 17.8. The number of allylic oxidation sites excluding steroid dienone is 4. The third-order valence-electron chi connectivity index (χ3n) is 11.2. The standard InChI is InChI=1S/C29H41.C15H8F6.C5H5.Zr/c1-26(2,3)22-14-18-13-19-15-23(27(4,5)6)25(29(10,11)12)17-21(19)20(18)16-24(22)28(7,8)9;16-14(17,18)12-5-1-3-10(8-12)7-11-4-2-6-13(9-11)15(19,20)21;1-2-4-5-3-1;/h13-17H,1-12H3;1-6,8-9H;1-5H;. The number of halogens is 6. The average Bonchev–Trinajstić information content (AvgIpc) is 3.70. The molecule has 56 heavy (non-hydrogen) atoms. The molecule has 0 nitrogen and oxygen atoms in total. The monoisotopic (exact) mass is 846 g/mol. The molecule has 296 valence electrons. The normalized spacial score (nSPS) is 15.4. The van der Waals surface area contributed by atoms with Crippen molar-refractivity contribution in [3.63, 3.8) is 0 Å². The van der Waals surface area contributed by atoms with Gasteiger partial charge in [-0.2, -0.15) is 0 Å². The van der Waals surface area contributed by atoms with E-state index in [1.807, 2.05) is 12.2 Å². The Bertz CT molecular complexity index is 2120. The van der Waals surface area contributed by atoms with Crippen LogP contribution in [-0.4, -0.2) is 3.21 Å². The molecule has 2 aliphatic carbocycles. The van der Waals surface area contributed by atoms with E-state index in [0.717, 1.165) is 46.5 Å². The number of hydrogen-bond donors (Lipinski definition) is 0. The van der Waals surface area contributed by atoms with Crippen molar-refractivity contribution in [3.05, 3.63) is 153 Å². The molecule has 4 aromatic carbocycles. The van der Waals surface area contributed by atoms with Crippen molar-refractivity contribution in [1.29, 1.82) is 0 Å². The molecule has 2 aliphatic rings. The average molecular weight is 848 g/mol. The van der Waals surface area contributed by atoms with E-state index < -0.39 is 44.7 Å². The molecule has 0 unspecified atom stereocenters. The van der Waals surface area contributed by atoms with Crippen LogP contribution in [0.3, 0.4) is 0 Å². The second-order valence-electron chi connectivity index (χ2n) is 19.7. The van der Waals surface area contributed by atoms with Gasteiger partial charge in [0.1, 0.15) is 0 Å². The van der Waals surface area contributed by atoms with Crippen LogP contribution in [0.25, 0.3) is 11.1 Å². The molecule has 0 radical (unpaired) electrons. The van der Waals surface area contributed by atoms with Crippen molar-refractivity contribution in [2.45, 2.75) is 124 Å². The Morgan fingerprint density at radius 3 is 1.12 bits per heavy atom. The predicted molar refractivity (Wildman–Crippen MR) is 217 cm³/mol. The van der Waals surface area contributed by atoms with Crippen molar-refractivity contribution in [2.75, 3.05) is 0 Å². The van der Waals surface area contributed by atoms with Crippen molar-refractivity contribution in [2.24, 2.45) is 0 Å².